The molecule has 1 N–H and O–H groups in total. The van der Waals surface area contributed by atoms with Gasteiger partial charge in [-0.25, -0.2) is 0 Å². The first-order valence-electron chi connectivity index (χ1n) is 13.6. The van der Waals surface area contributed by atoms with Crippen LogP contribution in [0.1, 0.15) is 39.0 Å². The van der Waals surface area contributed by atoms with E-state index < -0.39 is 29.6 Å². The number of amides is 3. The van der Waals surface area contributed by atoms with Gasteiger partial charge in [0.05, 0.1) is 17.9 Å². The van der Waals surface area contributed by atoms with E-state index in [1.165, 1.54) is 0 Å². The van der Waals surface area contributed by atoms with Gasteiger partial charge in [0.25, 0.3) is 0 Å². The van der Waals surface area contributed by atoms with Gasteiger partial charge in [-0.3, -0.25) is 14.4 Å². The average Bonchev–Trinajstić information content (AvgIpc) is 3.22. The molecular weight excluding hydrogens is 470 g/mol. The predicted molar refractivity (Wildman–Crippen MR) is 140 cm³/mol. The molecule has 2 fully saturated rings. The van der Waals surface area contributed by atoms with Crippen LogP contribution in [0, 0.1) is 11.8 Å². The normalized spacial score (nSPS) is 30.9. The number of hydrogen-bond acceptors (Lipinski definition) is 5. The summed E-state index contributed by atoms with van der Waals surface area (Å²) in [6.45, 7) is 4.08. The number of hydrogen-bond donors (Lipinski definition) is 1. The van der Waals surface area contributed by atoms with Crippen LogP contribution in [0.3, 0.4) is 0 Å². The highest BCUT2D eigenvalue weighted by molar-refractivity contribution is 6.03. The summed E-state index contributed by atoms with van der Waals surface area (Å²) < 4.78 is 6.68. The van der Waals surface area contributed by atoms with Gasteiger partial charge < -0.3 is 24.5 Å². The van der Waals surface area contributed by atoms with Crippen molar-refractivity contribution < 1.29 is 24.2 Å². The Labute approximate surface area is 218 Å². The molecular formula is C29H37N3O5. The maximum Gasteiger partial charge on any atom is 0.249 e. The summed E-state index contributed by atoms with van der Waals surface area (Å²) in [6.07, 6.45) is 11.0. The molecule has 0 aliphatic carbocycles. The zero-order valence-electron chi connectivity index (χ0n) is 21.5. The van der Waals surface area contributed by atoms with Crippen LogP contribution in [0.2, 0.25) is 0 Å². The van der Waals surface area contributed by atoms with Gasteiger partial charge in [-0.2, -0.15) is 0 Å². The van der Waals surface area contributed by atoms with Crippen molar-refractivity contribution in [1.82, 2.24) is 9.80 Å². The highest BCUT2D eigenvalue weighted by atomic mass is 16.5. The molecule has 1 unspecified atom stereocenters. The minimum absolute atomic E-state index is 0.0967. The lowest BCUT2D eigenvalue weighted by Crippen LogP contribution is -2.55. The predicted octanol–water partition coefficient (Wildman–Crippen LogP) is 2.53. The molecule has 5 rings (SSSR count). The van der Waals surface area contributed by atoms with Crippen LogP contribution in [0.4, 0.5) is 5.69 Å². The second-order valence-electron chi connectivity index (χ2n) is 10.4. The molecule has 5 atom stereocenters. The lowest BCUT2D eigenvalue weighted by atomic mass is 9.77. The quantitative estimate of drug-likeness (QED) is 0.410. The summed E-state index contributed by atoms with van der Waals surface area (Å²) in [7, 11) is 0. The zero-order valence-corrected chi connectivity index (χ0v) is 21.5. The van der Waals surface area contributed by atoms with Crippen LogP contribution in [0.15, 0.2) is 54.6 Å². The van der Waals surface area contributed by atoms with Crippen LogP contribution >= 0.6 is 0 Å². The monoisotopic (exact) mass is 507 g/mol. The van der Waals surface area contributed by atoms with E-state index in [-0.39, 0.29) is 24.3 Å². The summed E-state index contributed by atoms with van der Waals surface area (Å²) in [5.41, 5.74) is -0.402. The summed E-state index contributed by atoms with van der Waals surface area (Å²) in [4.78, 5) is 47.4. The van der Waals surface area contributed by atoms with Crippen molar-refractivity contribution in [1.29, 1.82) is 0 Å². The molecule has 0 saturated carbocycles. The summed E-state index contributed by atoms with van der Waals surface area (Å²) in [5, 5.41) is 9.21. The second-order valence-corrected chi connectivity index (χ2v) is 10.4. The Morgan fingerprint density at radius 1 is 0.946 bits per heavy atom. The first-order valence-corrected chi connectivity index (χ1v) is 13.6. The summed E-state index contributed by atoms with van der Waals surface area (Å²) in [5.74, 6) is -1.92. The van der Waals surface area contributed by atoms with Gasteiger partial charge in [-0.1, -0.05) is 55.8 Å². The number of benzene rings is 1. The van der Waals surface area contributed by atoms with Crippen molar-refractivity contribution in [3.8, 4) is 0 Å². The summed E-state index contributed by atoms with van der Waals surface area (Å²) in [6, 6.07) is 8.68. The Morgan fingerprint density at radius 2 is 1.76 bits per heavy atom. The first-order chi connectivity index (χ1) is 18.0. The van der Waals surface area contributed by atoms with E-state index in [0.29, 0.717) is 39.0 Å². The molecule has 1 aromatic carbocycles. The Morgan fingerprint density at radius 3 is 2.51 bits per heavy atom. The molecule has 1 spiro atoms. The number of likely N-dealkylation sites (tertiary alicyclic amines) is 1. The summed E-state index contributed by atoms with van der Waals surface area (Å²) >= 11 is 0. The fourth-order valence-electron chi connectivity index (χ4n) is 6.38. The third-order valence-electron chi connectivity index (χ3n) is 8.15. The van der Waals surface area contributed by atoms with E-state index >= 15 is 0 Å². The van der Waals surface area contributed by atoms with Gasteiger partial charge in [0.2, 0.25) is 17.7 Å². The Kier molecular flexibility index (Phi) is 7.49. The molecule has 0 aromatic heterocycles. The third-order valence-corrected chi connectivity index (χ3v) is 8.15. The van der Waals surface area contributed by atoms with Crippen LogP contribution in [-0.2, 0) is 19.1 Å². The molecule has 37 heavy (non-hydrogen) atoms. The largest absolute Gasteiger partial charge is 0.396 e. The van der Waals surface area contributed by atoms with Crippen LogP contribution in [-0.4, -0.2) is 83.2 Å². The number of anilines is 1. The smallest absolute Gasteiger partial charge is 0.249 e. The number of rotatable bonds is 9. The molecule has 8 nitrogen and oxygen atoms in total. The maximum absolute atomic E-state index is 14.1. The van der Waals surface area contributed by atoms with Crippen molar-refractivity contribution >= 4 is 23.4 Å². The SMILES string of the molecule is CCCCN1CC=C[C@]23O[C@@H]4C=CCN(c5ccccc5)C(=O)[C@@H]4[C@H]2C(=O)N(CCCCCO)C3C1=O. The molecule has 4 aliphatic heterocycles. The van der Waals surface area contributed by atoms with Crippen molar-refractivity contribution in [3.63, 3.8) is 0 Å². The fourth-order valence-corrected chi connectivity index (χ4v) is 6.38. The zero-order chi connectivity index (χ0) is 26.0. The van der Waals surface area contributed by atoms with Gasteiger partial charge in [-0.05, 0) is 37.8 Å². The lowest BCUT2D eigenvalue weighted by Gasteiger charge is -2.35. The molecule has 8 heteroatoms. The van der Waals surface area contributed by atoms with Gasteiger partial charge in [0.15, 0.2) is 0 Å². The van der Waals surface area contributed by atoms with Gasteiger partial charge >= 0.3 is 0 Å². The van der Waals surface area contributed by atoms with E-state index in [1.807, 2.05) is 59.5 Å². The van der Waals surface area contributed by atoms with Crippen molar-refractivity contribution in [2.24, 2.45) is 11.8 Å². The molecule has 2 saturated heterocycles. The highest BCUT2D eigenvalue weighted by Gasteiger charge is 2.71. The number of unbranched alkanes of at least 4 members (excludes halogenated alkanes) is 3. The number of ether oxygens (including phenoxy) is 1. The van der Waals surface area contributed by atoms with Crippen LogP contribution < -0.4 is 4.90 Å². The topological polar surface area (TPSA) is 90.4 Å². The minimum atomic E-state index is -1.18. The van der Waals surface area contributed by atoms with E-state index in [4.69, 9.17) is 4.74 Å². The molecule has 1 aromatic rings. The van der Waals surface area contributed by atoms with E-state index in [1.54, 1.807) is 9.80 Å². The molecule has 3 amide bonds. The Balaban J connectivity index is 1.53. The van der Waals surface area contributed by atoms with Crippen molar-refractivity contribution in [3.05, 3.63) is 54.6 Å². The van der Waals surface area contributed by atoms with Gasteiger partial charge in [-0.15, -0.1) is 0 Å². The van der Waals surface area contributed by atoms with E-state index in [0.717, 1.165) is 24.9 Å². The fraction of sp³-hybridized carbons (Fsp3) is 0.552. The number of nitrogens with zero attached hydrogens (tertiary/aromatic N) is 3. The van der Waals surface area contributed by atoms with E-state index in [2.05, 4.69) is 6.92 Å². The number of para-hydroxylation sites is 1. The van der Waals surface area contributed by atoms with Gasteiger partial charge in [0.1, 0.15) is 11.6 Å². The number of aliphatic hydroxyl groups is 1. The number of aliphatic hydroxyl groups excluding tert-OH is 1. The highest BCUT2D eigenvalue weighted by Crippen LogP contribution is 2.53. The first kappa shape index (κ1) is 25.7. The molecule has 0 bridgehead atoms. The Hall–Kier alpha value is -2.97. The van der Waals surface area contributed by atoms with E-state index in [9.17, 15) is 19.5 Å². The second kappa shape index (κ2) is 10.8. The lowest BCUT2D eigenvalue weighted by molar-refractivity contribution is -0.147. The van der Waals surface area contributed by atoms with Crippen LogP contribution in [0.25, 0.3) is 0 Å². The third kappa shape index (κ3) is 4.40. The van der Waals surface area contributed by atoms with Crippen LogP contribution in [0.5, 0.6) is 0 Å². The number of carbonyl (C=O) groups excluding carboxylic acids is 3. The standard InChI is InChI=1S/C29H37N3O5/c1-2-3-16-30-17-11-15-29-24(27(35)32(25(29)28(30)36)18-8-5-9-20-33)23-22(37-29)14-10-19-31(26(23)34)21-12-6-4-7-13-21/h4,6-7,10-15,22-25,33H,2-3,5,8-9,16-20H2,1H3/t22-,23+,24+,25?,29+/m1/s1. The Bertz CT molecular complexity index is 1070. The molecule has 0 radical (unpaired) electrons. The molecule has 4 aliphatic rings. The average molecular weight is 508 g/mol. The van der Waals surface area contributed by atoms with Gasteiger partial charge in [0, 0.05) is 38.5 Å². The van der Waals surface area contributed by atoms with Crippen molar-refractivity contribution in [2.75, 3.05) is 37.7 Å². The number of fused-ring (bicyclic) bond motifs is 2. The maximum atomic E-state index is 14.1. The van der Waals surface area contributed by atoms with Crippen molar-refractivity contribution in [2.45, 2.75) is 56.8 Å². The molecule has 198 valence electrons. The molecule has 4 heterocycles. The number of carbonyl (C=O) groups is 3. The minimum Gasteiger partial charge on any atom is -0.396 e.